The van der Waals surface area contributed by atoms with Gasteiger partial charge in [0.2, 0.25) is 0 Å². The number of aromatic amines is 2. The molecule has 3 heterocycles. The number of fused-ring (bicyclic) bond motifs is 2. The van der Waals surface area contributed by atoms with E-state index in [-0.39, 0.29) is 0 Å². The van der Waals surface area contributed by atoms with Gasteiger partial charge in [-0.1, -0.05) is 40.2 Å². The molecule has 0 aliphatic heterocycles. The minimum Gasteiger partial charge on any atom is -0.337 e. The lowest BCUT2D eigenvalue weighted by molar-refractivity contribution is 1.20. The van der Waals surface area contributed by atoms with Crippen LogP contribution < -0.4 is 0 Å². The van der Waals surface area contributed by atoms with Gasteiger partial charge in [0.25, 0.3) is 0 Å². The van der Waals surface area contributed by atoms with Gasteiger partial charge in [-0.3, -0.25) is 0 Å². The second-order valence-corrected chi connectivity index (χ2v) is 6.68. The number of halogens is 1. The van der Waals surface area contributed by atoms with Gasteiger partial charge in [-0.2, -0.15) is 0 Å². The Balaban J connectivity index is 1.66. The number of benzene rings is 2. The van der Waals surface area contributed by atoms with Gasteiger partial charge < -0.3 is 9.97 Å². The molecule has 0 aliphatic carbocycles. The van der Waals surface area contributed by atoms with Gasteiger partial charge in [-0.15, -0.1) is 0 Å². The molecule has 5 aromatic rings. The van der Waals surface area contributed by atoms with Crippen molar-refractivity contribution in [1.29, 1.82) is 0 Å². The number of hydrogen-bond donors (Lipinski definition) is 2. The van der Waals surface area contributed by atoms with Crippen LogP contribution >= 0.6 is 15.9 Å². The van der Waals surface area contributed by atoms with Crippen LogP contribution in [0.2, 0.25) is 0 Å². The quantitative estimate of drug-likeness (QED) is 0.449. The molecule has 5 nitrogen and oxygen atoms in total. The third-order valence-electron chi connectivity index (χ3n) is 4.05. The summed E-state index contributed by atoms with van der Waals surface area (Å²) in [6.45, 7) is 0. The lowest BCUT2D eigenvalue weighted by Crippen LogP contribution is -1.91. The van der Waals surface area contributed by atoms with E-state index < -0.39 is 0 Å². The van der Waals surface area contributed by atoms with Crippen molar-refractivity contribution in [2.24, 2.45) is 0 Å². The molecule has 6 heteroatoms. The highest BCUT2D eigenvalue weighted by molar-refractivity contribution is 9.10. The first-order chi connectivity index (χ1) is 12.3. The zero-order valence-corrected chi connectivity index (χ0v) is 14.6. The first-order valence-corrected chi connectivity index (χ1v) is 8.63. The summed E-state index contributed by atoms with van der Waals surface area (Å²) >= 11 is 3.57. The van der Waals surface area contributed by atoms with Gasteiger partial charge in [-0.25, -0.2) is 15.0 Å². The number of nitrogens with one attached hydrogen (secondary N) is 2. The Kier molecular flexibility index (Phi) is 3.18. The summed E-state index contributed by atoms with van der Waals surface area (Å²) in [7, 11) is 0. The highest BCUT2D eigenvalue weighted by Gasteiger charge is 2.12. The summed E-state index contributed by atoms with van der Waals surface area (Å²) in [5, 5.41) is 0. The molecule has 0 unspecified atom stereocenters. The molecule has 2 N–H and O–H groups in total. The van der Waals surface area contributed by atoms with Crippen LogP contribution in [0.15, 0.2) is 65.1 Å². The summed E-state index contributed by atoms with van der Waals surface area (Å²) < 4.78 is 0.924. The van der Waals surface area contributed by atoms with Crippen molar-refractivity contribution >= 4 is 38.0 Å². The van der Waals surface area contributed by atoms with E-state index in [2.05, 4.69) is 35.9 Å². The van der Waals surface area contributed by atoms with Crippen molar-refractivity contribution in [2.75, 3.05) is 0 Å². The number of H-pyrrole nitrogens is 2. The normalized spacial score (nSPS) is 11.4. The van der Waals surface area contributed by atoms with E-state index in [1.807, 2.05) is 60.7 Å². The average Bonchev–Trinajstić information content (AvgIpc) is 3.25. The lowest BCUT2D eigenvalue weighted by atomic mass is 10.3. The minimum absolute atomic E-state index is 0.736. The summed E-state index contributed by atoms with van der Waals surface area (Å²) in [6.07, 6.45) is 0. The van der Waals surface area contributed by atoms with Gasteiger partial charge in [-0.05, 0) is 36.4 Å². The van der Waals surface area contributed by atoms with Crippen molar-refractivity contribution in [1.82, 2.24) is 24.9 Å². The molecular formula is C19H12BrN5. The predicted molar refractivity (Wildman–Crippen MR) is 102 cm³/mol. The molecule has 0 spiro atoms. The monoisotopic (exact) mass is 389 g/mol. The highest BCUT2D eigenvalue weighted by atomic mass is 79.9. The van der Waals surface area contributed by atoms with Crippen LogP contribution in [0.3, 0.4) is 0 Å². The van der Waals surface area contributed by atoms with Crippen LogP contribution in [0.4, 0.5) is 0 Å². The van der Waals surface area contributed by atoms with E-state index >= 15 is 0 Å². The predicted octanol–water partition coefficient (Wildman–Crippen LogP) is 4.93. The summed E-state index contributed by atoms with van der Waals surface area (Å²) in [6, 6.07) is 19.8. The molecule has 120 valence electrons. The highest BCUT2D eigenvalue weighted by Crippen LogP contribution is 2.27. The number of rotatable bonds is 2. The van der Waals surface area contributed by atoms with Crippen LogP contribution in [-0.2, 0) is 0 Å². The summed E-state index contributed by atoms with van der Waals surface area (Å²) in [5.41, 5.74) is 5.35. The fourth-order valence-corrected chi connectivity index (χ4v) is 3.32. The van der Waals surface area contributed by atoms with Gasteiger partial charge in [0.15, 0.2) is 11.6 Å². The van der Waals surface area contributed by atoms with Gasteiger partial charge in [0, 0.05) is 4.47 Å². The van der Waals surface area contributed by atoms with Crippen molar-refractivity contribution in [3.63, 3.8) is 0 Å². The standard InChI is InChI=1S/C19H12BrN5/c20-11-9-16(18-22-12-5-1-2-6-13(12)23-18)21-17(10-11)19-24-14-7-3-4-8-15(14)25-19/h1-10H,(H,22,23)(H,24,25). The molecule has 0 atom stereocenters. The molecular weight excluding hydrogens is 378 g/mol. The Labute approximate surface area is 151 Å². The maximum absolute atomic E-state index is 4.75. The third kappa shape index (κ3) is 2.51. The number of pyridine rings is 1. The number of para-hydroxylation sites is 4. The van der Waals surface area contributed by atoms with E-state index in [0.717, 1.165) is 49.6 Å². The maximum Gasteiger partial charge on any atom is 0.157 e. The van der Waals surface area contributed by atoms with Gasteiger partial charge in [0.05, 0.1) is 22.1 Å². The lowest BCUT2D eigenvalue weighted by Gasteiger charge is -2.02. The number of imidazole rings is 2. The molecule has 5 rings (SSSR count). The van der Waals surface area contributed by atoms with Gasteiger partial charge >= 0.3 is 0 Å². The Morgan fingerprint density at radius 1 is 0.640 bits per heavy atom. The fourth-order valence-electron chi connectivity index (χ4n) is 2.89. The van der Waals surface area contributed by atoms with E-state index in [1.54, 1.807) is 0 Å². The van der Waals surface area contributed by atoms with Gasteiger partial charge in [0.1, 0.15) is 11.4 Å². The molecule has 0 fully saturated rings. The molecule has 0 radical (unpaired) electrons. The molecule has 2 aromatic carbocycles. The molecule has 0 saturated carbocycles. The van der Waals surface area contributed by atoms with Crippen LogP contribution in [0.5, 0.6) is 0 Å². The first kappa shape index (κ1) is 14.4. The molecule has 0 saturated heterocycles. The number of aromatic nitrogens is 5. The number of nitrogens with zero attached hydrogens (tertiary/aromatic N) is 3. The third-order valence-corrected chi connectivity index (χ3v) is 4.51. The second-order valence-electron chi connectivity index (χ2n) is 5.76. The molecule has 0 bridgehead atoms. The van der Waals surface area contributed by atoms with Crippen LogP contribution in [0.1, 0.15) is 0 Å². The van der Waals surface area contributed by atoms with Crippen molar-refractivity contribution in [3.8, 4) is 23.0 Å². The van der Waals surface area contributed by atoms with Crippen molar-refractivity contribution in [2.45, 2.75) is 0 Å². The SMILES string of the molecule is Brc1cc(-c2nc3ccccc3[nH]2)nc(-c2nc3ccccc3[nH]2)c1. The Bertz CT molecular complexity index is 1060. The Morgan fingerprint density at radius 2 is 1.12 bits per heavy atom. The maximum atomic E-state index is 4.75. The van der Waals surface area contributed by atoms with Crippen LogP contribution in [0, 0.1) is 0 Å². The second kappa shape index (κ2) is 5.53. The van der Waals surface area contributed by atoms with Crippen molar-refractivity contribution < 1.29 is 0 Å². The number of hydrogen-bond acceptors (Lipinski definition) is 3. The Hall–Kier alpha value is -2.99. The summed E-state index contributed by atoms with van der Waals surface area (Å²) in [5.74, 6) is 1.47. The Morgan fingerprint density at radius 3 is 1.60 bits per heavy atom. The topological polar surface area (TPSA) is 70.2 Å². The molecule has 0 aliphatic rings. The zero-order chi connectivity index (χ0) is 16.8. The average molecular weight is 390 g/mol. The van der Waals surface area contributed by atoms with E-state index in [1.165, 1.54) is 0 Å². The fraction of sp³-hybridized carbons (Fsp3) is 0. The first-order valence-electron chi connectivity index (χ1n) is 7.84. The smallest absolute Gasteiger partial charge is 0.157 e. The molecule has 3 aromatic heterocycles. The van der Waals surface area contributed by atoms with Crippen LogP contribution in [0.25, 0.3) is 45.1 Å². The molecule has 0 amide bonds. The van der Waals surface area contributed by atoms with E-state index in [0.29, 0.717) is 0 Å². The summed E-state index contributed by atoms with van der Waals surface area (Å²) in [4.78, 5) is 20.6. The van der Waals surface area contributed by atoms with E-state index in [4.69, 9.17) is 4.98 Å². The minimum atomic E-state index is 0.736. The van der Waals surface area contributed by atoms with E-state index in [9.17, 15) is 0 Å². The van der Waals surface area contributed by atoms with Crippen molar-refractivity contribution in [3.05, 3.63) is 65.1 Å². The van der Waals surface area contributed by atoms with Crippen LogP contribution in [-0.4, -0.2) is 24.9 Å². The molecule has 25 heavy (non-hydrogen) atoms. The zero-order valence-electron chi connectivity index (χ0n) is 13.0. The largest absolute Gasteiger partial charge is 0.337 e.